The number of nitrogens with zero attached hydrogens (tertiary/aromatic N) is 2. The summed E-state index contributed by atoms with van der Waals surface area (Å²) in [7, 11) is 0. The topological polar surface area (TPSA) is 41.3 Å². The van der Waals surface area contributed by atoms with Crippen molar-refractivity contribution in [3.8, 4) is 0 Å². The third-order valence-electron chi connectivity index (χ3n) is 4.45. The Morgan fingerprint density at radius 2 is 2.17 bits per heavy atom. The van der Waals surface area contributed by atoms with Crippen molar-refractivity contribution < 1.29 is 4.52 Å². The molecule has 2 aliphatic heterocycles. The first-order chi connectivity index (χ1) is 8.86. The highest BCUT2D eigenvalue weighted by Crippen LogP contribution is 2.34. The fourth-order valence-corrected chi connectivity index (χ4v) is 3.70. The second-order valence-electron chi connectivity index (χ2n) is 5.63. The van der Waals surface area contributed by atoms with Gasteiger partial charge in [0.2, 0.25) is 0 Å². The van der Waals surface area contributed by atoms with E-state index in [1.165, 1.54) is 32.1 Å². The van der Waals surface area contributed by atoms with Crippen LogP contribution >= 0.6 is 0 Å². The molecule has 2 bridgehead atoms. The van der Waals surface area contributed by atoms with Crippen molar-refractivity contribution in [2.75, 3.05) is 6.54 Å². The number of hydrogen-bond acceptors (Lipinski definition) is 4. The summed E-state index contributed by atoms with van der Waals surface area (Å²) < 4.78 is 4.95. The molecular weight excluding hydrogens is 226 g/mol. The molecule has 0 radical (unpaired) electrons. The third kappa shape index (κ3) is 2.45. The maximum atomic E-state index is 4.95. The second-order valence-corrected chi connectivity index (χ2v) is 5.63. The van der Waals surface area contributed by atoms with Gasteiger partial charge in [0.05, 0.1) is 5.69 Å². The van der Waals surface area contributed by atoms with Crippen molar-refractivity contribution in [1.82, 2.24) is 15.4 Å². The summed E-state index contributed by atoms with van der Waals surface area (Å²) >= 11 is 0. The van der Waals surface area contributed by atoms with Gasteiger partial charge in [-0.15, -0.1) is 0 Å². The van der Waals surface area contributed by atoms with Crippen LogP contribution in [-0.4, -0.2) is 34.7 Å². The number of piperidine rings is 2. The summed E-state index contributed by atoms with van der Waals surface area (Å²) in [6.07, 6.45) is 8.34. The van der Waals surface area contributed by atoms with Gasteiger partial charge in [0.15, 0.2) is 0 Å². The smallest absolute Gasteiger partial charge is 0.124 e. The summed E-state index contributed by atoms with van der Waals surface area (Å²) in [6.45, 7) is 4.26. The van der Waals surface area contributed by atoms with E-state index in [4.69, 9.17) is 4.52 Å². The molecule has 0 saturated carbocycles. The fraction of sp³-hybridized carbons (Fsp3) is 0.786. The molecule has 1 aromatic rings. The van der Waals surface area contributed by atoms with Gasteiger partial charge in [-0.3, -0.25) is 4.90 Å². The minimum Gasteiger partial charge on any atom is -0.364 e. The molecular formula is C14H23N3O. The standard InChI is InChI=1S/C14H23N3O/c1-2-15-12-8-13-4-3-5-14(9-12)17(13)10-11-6-7-18-16-11/h6-7,12-15H,2-5,8-10H2,1H3. The predicted octanol–water partition coefficient (Wildman–Crippen LogP) is 2.17. The lowest BCUT2D eigenvalue weighted by atomic mass is 9.81. The van der Waals surface area contributed by atoms with E-state index in [2.05, 4.69) is 22.3 Å². The van der Waals surface area contributed by atoms with Crippen molar-refractivity contribution in [1.29, 1.82) is 0 Å². The Morgan fingerprint density at radius 1 is 1.39 bits per heavy atom. The molecule has 1 N–H and O–H groups in total. The van der Waals surface area contributed by atoms with E-state index in [1.807, 2.05) is 6.07 Å². The van der Waals surface area contributed by atoms with E-state index >= 15 is 0 Å². The Labute approximate surface area is 109 Å². The van der Waals surface area contributed by atoms with Crippen LogP contribution in [0.1, 0.15) is 44.7 Å². The van der Waals surface area contributed by atoms with Crippen LogP contribution < -0.4 is 5.32 Å². The zero-order valence-electron chi connectivity index (χ0n) is 11.1. The van der Waals surface area contributed by atoms with Crippen molar-refractivity contribution >= 4 is 0 Å². The van der Waals surface area contributed by atoms with Gasteiger partial charge in [-0.1, -0.05) is 18.5 Å². The minimum absolute atomic E-state index is 0.721. The van der Waals surface area contributed by atoms with Gasteiger partial charge in [-0.2, -0.15) is 0 Å². The Hall–Kier alpha value is -0.870. The third-order valence-corrected chi connectivity index (χ3v) is 4.45. The van der Waals surface area contributed by atoms with E-state index in [9.17, 15) is 0 Å². The molecule has 18 heavy (non-hydrogen) atoms. The van der Waals surface area contributed by atoms with Gasteiger partial charge >= 0.3 is 0 Å². The lowest BCUT2D eigenvalue weighted by molar-refractivity contribution is 0.0164. The Bertz CT molecular complexity index is 351. The van der Waals surface area contributed by atoms with Crippen LogP contribution in [0.25, 0.3) is 0 Å². The van der Waals surface area contributed by atoms with Gasteiger partial charge in [0.25, 0.3) is 0 Å². The highest BCUT2D eigenvalue weighted by Gasteiger charge is 2.37. The normalized spacial score (nSPS) is 32.6. The SMILES string of the molecule is CCNC1CC2CCCC(C1)N2Cc1ccon1. The quantitative estimate of drug-likeness (QED) is 0.888. The molecule has 3 rings (SSSR count). The Morgan fingerprint density at radius 3 is 2.78 bits per heavy atom. The number of aromatic nitrogens is 1. The molecule has 2 saturated heterocycles. The van der Waals surface area contributed by atoms with Gasteiger partial charge in [0, 0.05) is 30.7 Å². The highest BCUT2D eigenvalue weighted by atomic mass is 16.5. The second kappa shape index (κ2) is 5.41. The summed E-state index contributed by atoms with van der Waals surface area (Å²) in [5.41, 5.74) is 1.08. The summed E-state index contributed by atoms with van der Waals surface area (Å²) in [5, 5.41) is 7.69. The van der Waals surface area contributed by atoms with E-state index in [-0.39, 0.29) is 0 Å². The van der Waals surface area contributed by atoms with E-state index in [0.29, 0.717) is 0 Å². The van der Waals surface area contributed by atoms with Gasteiger partial charge in [0.1, 0.15) is 6.26 Å². The zero-order valence-corrected chi connectivity index (χ0v) is 11.1. The number of nitrogens with one attached hydrogen (secondary N) is 1. The largest absolute Gasteiger partial charge is 0.364 e. The first kappa shape index (κ1) is 12.2. The molecule has 4 heteroatoms. The molecule has 2 atom stereocenters. The molecule has 2 unspecified atom stereocenters. The van der Waals surface area contributed by atoms with Crippen LogP contribution in [0, 0.1) is 0 Å². The summed E-state index contributed by atoms with van der Waals surface area (Å²) in [6, 6.07) is 4.18. The summed E-state index contributed by atoms with van der Waals surface area (Å²) in [5.74, 6) is 0. The molecule has 2 aliphatic rings. The van der Waals surface area contributed by atoms with Crippen LogP contribution in [0.2, 0.25) is 0 Å². The molecule has 2 fully saturated rings. The maximum Gasteiger partial charge on any atom is 0.124 e. The monoisotopic (exact) mass is 249 g/mol. The number of rotatable bonds is 4. The van der Waals surface area contributed by atoms with E-state index in [1.54, 1.807) is 6.26 Å². The van der Waals surface area contributed by atoms with Crippen molar-refractivity contribution in [2.24, 2.45) is 0 Å². The summed E-state index contributed by atoms with van der Waals surface area (Å²) in [4.78, 5) is 2.66. The van der Waals surface area contributed by atoms with E-state index < -0.39 is 0 Å². The minimum atomic E-state index is 0.721. The van der Waals surface area contributed by atoms with Gasteiger partial charge in [-0.05, 0) is 32.2 Å². The van der Waals surface area contributed by atoms with Crippen molar-refractivity contribution in [2.45, 2.75) is 63.7 Å². The predicted molar refractivity (Wildman–Crippen MR) is 70.2 cm³/mol. The Balaban J connectivity index is 1.68. The van der Waals surface area contributed by atoms with Crippen LogP contribution in [0.3, 0.4) is 0 Å². The van der Waals surface area contributed by atoms with Crippen LogP contribution in [0.15, 0.2) is 16.9 Å². The average molecular weight is 249 g/mol. The molecule has 3 heterocycles. The van der Waals surface area contributed by atoms with Gasteiger partial charge < -0.3 is 9.84 Å². The highest BCUT2D eigenvalue weighted by molar-refractivity contribution is 5.01. The molecule has 100 valence electrons. The fourth-order valence-electron chi connectivity index (χ4n) is 3.70. The van der Waals surface area contributed by atoms with E-state index in [0.717, 1.165) is 36.9 Å². The first-order valence-corrected chi connectivity index (χ1v) is 7.25. The van der Waals surface area contributed by atoms with Crippen LogP contribution in [-0.2, 0) is 6.54 Å². The van der Waals surface area contributed by atoms with Crippen LogP contribution in [0.5, 0.6) is 0 Å². The lowest BCUT2D eigenvalue weighted by Crippen LogP contribution is -2.55. The van der Waals surface area contributed by atoms with Crippen molar-refractivity contribution in [3.05, 3.63) is 18.0 Å². The average Bonchev–Trinajstić information content (AvgIpc) is 2.83. The molecule has 0 amide bonds. The molecule has 4 nitrogen and oxygen atoms in total. The van der Waals surface area contributed by atoms with Crippen LogP contribution in [0.4, 0.5) is 0 Å². The maximum absolute atomic E-state index is 4.95. The first-order valence-electron chi connectivity index (χ1n) is 7.25. The number of fused-ring (bicyclic) bond motifs is 2. The van der Waals surface area contributed by atoms with Gasteiger partial charge in [-0.25, -0.2) is 0 Å². The Kier molecular flexibility index (Phi) is 3.66. The molecule has 0 aliphatic carbocycles. The lowest BCUT2D eigenvalue weighted by Gasteiger charge is -2.48. The molecule has 0 aromatic carbocycles. The zero-order chi connectivity index (χ0) is 12.4. The van der Waals surface area contributed by atoms with Crippen molar-refractivity contribution in [3.63, 3.8) is 0 Å². The molecule has 0 spiro atoms. The molecule has 1 aromatic heterocycles. The number of hydrogen-bond donors (Lipinski definition) is 1.